The molecule has 2 N–H and O–H groups in total. The van der Waals surface area contributed by atoms with E-state index in [0.29, 0.717) is 17.1 Å². The maximum Gasteiger partial charge on any atom is 0.257 e. The highest BCUT2D eigenvalue weighted by molar-refractivity contribution is 7.99. The second kappa shape index (κ2) is 8.15. The second-order valence-corrected chi connectivity index (χ2v) is 8.89. The number of aromatic nitrogens is 1. The highest BCUT2D eigenvalue weighted by Crippen LogP contribution is 2.39. The zero-order valence-corrected chi connectivity index (χ0v) is 17.1. The van der Waals surface area contributed by atoms with Crippen LogP contribution < -0.4 is 10.6 Å². The molecule has 0 radical (unpaired) electrons. The Kier molecular flexibility index (Phi) is 5.62. The van der Waals surface area contributed by atoms with Crippen LogP contribution in [0.15, 0.2) is 33.9 Å². The van der Waals surface area contributed by atoms with Gasteiger partial charge < -0.3 is 15.1 Å². The van der Waals surface area contributed by atoms with Gasteiger partial charge in [-0.3, -0.25) is 9.59 Å². The molecule has 1 saturated carbocycles. The molecule has 7 heteroatoms. The van der Waals surface area contributed by atoms with Crippen molar-refractivity contribution >= 4 is 34.7 Å². The van der Waals surface area contributed by atoms with Crippen molar-refractivity contribution in [3.05, 3.63) is 24.3 Å². The summed E-state index contributed by atoms with van der Waals surface area (Å²) < 4.78 is 5.65. The topological polar surface area (TPSA) is 84.2 Å². The molecule has 1 aromatic heterocycles. The van der Waals surface area contributed by atoms with Crippen LogP contribution in [0.2, 0.25) is 0 Å². The van der Waals surface area contributed by atoms with E-state index in [2.05, 4.69) is 29.5 Å². The van der Waals surface area contributed by atoms with E-state index >= 15 is 0 Å². The van der Waals surface area contributed by atoms with Gasteiger partial charge in [0, 0.05) is 18.0 Å². The van der Waals surface area contributed by atoms with E-state index < -0.39 is 0 Å². The summed E-state index contributed by atoms with van der Waals surface area (Å²) in [5.74, 6) is 1.49. The smallest absolute Gasteiger partial charge is 0.257 e. The minimum atomic E-state index is -0.0164. The van der Waals surface area contributed by atoms with Gasteiger partial charge in [0.25, 0.3) is 5.22 Å². The fourth-order valence-corrected chi connectivity index (χ4v) is 5.46. The van der Waals surface area contributed by atoms with Crippen molar-refractivity contribution in [3.8, 4) is 0 Å². The molecule has 1 aliphatic carbocycles. The Hall–Kier alpha value is -2.02. The molecule has 2 amide bonds. The first-order valence-electron chi connectivity index (χ1n) is 10.1. The van der Waals surface area contributed by atoms with Crippen molar-refractivity contribution in [3.63, 3.8) is 0 Å². The van der Waals surface area contributed by atoms with E-state index in [4.69, 9.17) is 4.42 Å². The van der Waals surface area contributed by atoms with E-state index in [1.807, 2.05) is 24.3 Å². The number of piperidine rings is 1. The lowest BCUT2D eigenvalue weighted by Crippen LogP contribution is -2.58. The number of carbonyl (C=O) groups excluding carboxylic acids is 2. The Balaban J connectivity index is 1.29. The normalized spacial score (nSPS) is 29.9. The zero-order valence-electron chi connectivity index (χ0n) is 16.3. The molecule has 2 aliphatic rings. The molecular weight excluding hydrogens is 374 g/mol. The molecule has 6 nitrogen and oxygen atoms in total. The molecule has 2 fully saturated rings. The third-order valence-electron chi connectivity index (χ3n) is 6.28. The van der Waals surface area contributed by atoms with E-state index in [1.165, 1.54) is 11.8 Å². The van der Waals surface area contributed by atoms with Gasteiger partial charge in [-0.25, -0.2) is 4.98 Å². The van der Waals surface area contributed by atoms with Gasteiger partial charge in [0.1, 0.15) is 5.52 Å². The number of nitrogens with one attached hydrogen (secondary N) is 2. The van der Waals surface area contributed by atoms with Gasteiger partial charge in [0.15, 0.2) is 5.58 Å². The van der Waals surface area contributed by atoms with Gasteiger partial charge >= 0.3 is 0 Å². The minimum Gasteiger partial charge on any atom is -0.431 e. The number of rotatable bonds is 5. The number of nitrogens with zero attached hydrogens (tertiary/aromatic N) is 1. The minimum absolute atomic E-state index is 0.0164. The zero-order chi connectivity index (χ0) is 19.7. The first-order valence-corrected chi connectivity index (χ1v) is 11.1. The molecule has 1 aliphatic heterocycles. The number of hydrogen-bond acceptors (Lipinski definition) is 5. The van der Waals surface area contributed by atoms with Crippen molar-refractivity contribution in [1.82, 2.24) is 15.6 Å². The number of benzene rings is 1. The van der Waals surface area contributed by atoms with Gasteiger partial charge in [-0.1, -0.05) is 37.7 Å². The summed E-state index contributed by atoms with van der Waals surface area (Å²) in [7, 11) is 0. The largest absolute Gasteiger partial charge is 0.431 e. The monoisotopic (exact) mass is 401 g/mol. The fourth-order valence-electron chi connectivity index (χ4n) is 4.81. The van der Waals surface area contributed by atoms with E-state index in [0.717, 1.165) is 36.8 Å². The molecule has 28 heavy (non-hydrogen) atoms. The Labute approximate surface area is 169 Å². The summed E-state index contributed by atoms with van der Waals surface area (Å²) >= 11 is 1.31. The average Bonchev–Trinajstić information content (AvgIpc) is 3.09. The molecule has 2 heterocycles. The fraction of sp³-hybridized carbons (Fsp3) is 0.571. The van der Waals surface area contributed by atoms with Crippen LogP contribution in [0.5, 0.6) is 0 Å². The van der Waals surface area contributed by atoms with E-state index in [1.54, 1.807) is 0 Å². The molecule has 150 valence electrons. The second-order valence-electron chi connectivity index (χ2n) is 7.97. The average molecular weight is 402 g/mol. The van der Waals surface area contributed by atoms with Crippen LogP contribution in [0.25, 0.3) is 11.1 Å². The van der Waals surface area contributed by atoms with Crippen LogP contribution >= 0.6 is 11.8 Å². The summed E-state index contributed by atoms with van der Waals surface area (Å²) in [5, 5.41) is 6.85. The lowest BCUT2D eigenvalue weighted by molar-refractivity contribution is -0.133. The van der Waals surface area contributed by atoms with Crippen LogP contribution in [-0.2, 0) is 9.59 Å². The summed E-state index contributed by atoms with van der Waals surface area (Å²) in [6, 6.07) is 7.86. The van der Waals surface area contributed by atoms with Crippen molar-refractivity contribution in [2.75, 3.05) is 5.75 Å². The van der Waals surface area contributed by atoms with Crippen LogP contribution in [0.4, 0.5) is 0 Å². The maximum atomic E-state index is 12.4. The number of hydrogen-bond donors (Lipinski definition) is 2. The van der Waals surface area contributed by atoms with Crippen LogP contribution in [-0.4, -0.2) is 34.6 Å². The Bertz CT molecular complexity index is 834. The van der Waals surface area contributed by atoms with Crippen molar-refractivity contribution in [2.24, 2.45) is 17.8 Å². The van der Waals surface area contributed by atoms with Gasteiger partial charge in [0.2, 0.25) is 11.8 Å². The predicted molar refractivity (Wildman–Crippen MR) is 109 cm³/mol. The molecule has 2 aromatic rings. The maximum absolute atomic E-state index is 12.4. The lowest BCUT2D eigenvalue weighted by Gasteiger charge is -2.46. The van der Waals surface area contributed by atoms with Crippen LogP contribution in [0.3, 0.4) is 0 Å². The standard InChI is InChI=1S/C21H27N3O3S/c1-3-14-12(2)15-9-8-13(10-17(15)23-20(14)26)22-19(25)11-28-21-24-16-6-4-5-7-18(16)27-21/h4-7,12-15,17H,3,8-11H2,1-2H3,(H,22,25)(H,23,26). The molecule has 5 unspecified atom stereocenters. The molecule has 0 spiro atoms. The number of carbonyl (C=O) groups is 2. The SMILES string of the molecule is CCC1C(=O)NC2CC(NC(=O)CSc3nc4ccccc4o3)CCC2C1C. The third-order valence-corrected chi connectivity index (χ3v) is 7.11. The van der Waals surface area contributed by atoms with Crippen molar-refractivity contribution in [1.29, 1.82) is 0 Å². The Morgan fingerprint density at radius 3 is 2.96 bits per heavy atom. The van der Waals surface area contributed by atoms with Crippen molar-refractivity contribution < 1.29 is 14.0 Å². The number of fused-ring (bicyclic) bond motifs is 2. The van der Waals surface area contributed by atoms with Crippen LogP contribution in [0.1, 0.15) is 39.5 Å². The van der Waals surface area contributed by atoms with E-state index in [9.17, 15) is 9.59 Å². The Morgan fingerprint density at radius 1 is 1.36 bits per heavy atom. The Morgan fingerprint density at radius 2 is 2.18 bits per heavy atom. The lowest BCUT2D eigenvalue weighted by atomic mass is 9.67. The highest BCUT2D eigenvalue weighted by Gasteiger charge is 2.43. The van der Waals surface area contributed by atoms with Crippen LogP contribution in [0, 0.1) is 17.8 Å². The molecular formula is C21H27N3O3S. The summed E-state index contributed by atoms with van der Waals surface area (Å²) in [6.45, 7) is 4.29. The number of oxazole rings is 1. The predicted octanol–water partition coefficient (Wildman–Crippen LogP) is 3.37. The molecule has 4 rings (SSSR count). The summed E-state index contributed by atoms with van der Waals surface area (Å²) in [6.07, 6.45) is 3.73. The summed E-state index contributed by atoms with van der Waals surface area (Å²) in [5.41, 5.74) is 1.53. The van der Waals surface area contributed by atoms with Gasteiger partial charge in [-0.2, -0.15) is 0 Å². The third kappa shape index (κ3) is 3.90. The molecule has 1 aromatic carbocycles. The first-order chi connectivity index (χ1) is 13.5. The molecule has 5 atom stereocenters. The molecule has 1 saturated heterocycles. The quantitative estimate of drug-likeness (QED) is 0.751. The van der Waals surface area contributed by atoms with E-state index in [-0.39, 0.29) is 35.6 Å². The number of amides is 2. The van der Waals surface area contributed by atoms with Crippen molar-refractivity contribution in [2.45, 2.75) is 56.8 Å². The number of thioether (sulfide) groups is 1. The van der Waals surface area contributed by atoms with Gasteiger partial charge in [-0.05, 0) is 49.7 Å². The highest BCUT2D eigenvalue weighted by atomic mass is 32.2. The number of para-hydroxylation sites is 2. The van der Waals surface area contributed by atoms with Gasteiger partial charge in [0.05, 0.1) is 5.75 Å². The summed E-state index contributed by atoms with van der Waals surface area (Å²) in [4.78, 5) is 29.1. The molecule has 0 bridgehead atoms. The van der Waals surface area contributed by atoms with Gasteiger partial charge in [-0.15, -0.1) is 0 Å². The first kappa shape index (κ1) is 19.3.